The van der Waals surface area contributed by atoms with E-state index in [1.807, 2.05) is 30.5 Å². The molecule has 210 valence electrons. The summed E-state index contributed by atoms with van der Waals surface area (Å²) in [4.78, 5) is 4.76. The quantitative estimate of drug-likeness (QED) is 0.204. The molecule has 0 saturated heterocycles. The second-order valence-electron chi connectivity index (χ2n) is 10.6. The van der Waals surface area contributed by atoms with Gasteiger partial charge in [-0.3, -0.25) is 4.98 Å². The van der Waals surface area contributed by atoms with Crippen LogP contribution in [0, 0.1) is 5.82 Å². The van der Waals surface area contributed by atoms with Crippen LogP contribution in [0.25, 0.3) is 22.4 Å². The zero-order valence-corrected chi connectivity index (χ0v) is 26.2. The Morgan fingerprint density at radius 3 is 1.62 bits per heavy atom. The smallest absolute Gasteiger partial charge is 0.123 e. The summed E-state index contributed by atoms with van der Waals surface area (Å²) in [7, 11) is -2.19. The fourth-order valence-electron chi connectivity index (χ4n) is 5.84. The number of nitrogens with zero attached hydrogens (tertiary/aromatic N) is 2. The van der Waals surface area contributed by atoms with Crippen LogP contribution in [0.4, 0.5) is 4.39 Å². The summed E-state index contributed by atoms with van der Waals surface area (Å²) in [5, 5.41) is 4.00. The van der Waals surface area contributed by atoms with Crippen LogP contribution in [-0.4, -0.2) is 9.55 Å². The van der Waals surface area contributed by atoms with Crippen LogP contribution in [0.15, 0.2) is 146 Å². The lowest BCUT2D eigenvalue weighted by molar-refractivity contribution is -0.00000884. The van der Waals surface area contributed by atoms with Crippen LogP contribution in [0.1, 0.15) is 25.6 Å². The van der Waals surface area contributed by atoms with Gasteiger partial charge in [0, 0.05) is 29.6 Å². The first-order chi connectivity index (χ1) is 20.1. The van der Waals surface area contributed by atoms with E-state index in [0.29, 0.717) is 0 Å². The van der Waals surface area contributed by atoms with E-state index in [2.05, 4.69) is 122 Å². The molecule has 0 N–H and O–H groups in total. The Morgan fingerprint density at radius 1 is 0.667 bits per heavy atom. The van der Waals surface area contributed by atoms with Crippen molar-refractivity contribution < 1.29 is 21.4 Å². The third kappa shape index (κ3) is 5.62. The van der Waals surface area contributed by atoms with Crippen molar-refractivity contribution in [1.82, 2.24) is 9.55 Å². The SMILES string of the molecule is CC(C)n1cc(-c2ccccn2)c(-c2ccc(F)cc2)c1C[P+](c1ccccc1)(c1ccccc1)c1ccccc1.[Br-]. The Morgan fingerprint density at radius 2 is 1.17 bits per heavy atom. The minimum atomic E-state index is -2.19. The summed E-state index contributed by atoms with van der Waals surface area (Å²) in [5.74, 6) is -0.238. The molecule has 5 heteroatoms. The first kappa shape index (κ1) is 29.6. The maximum Gasteiger partial charge on any atom is 0.123 e. The molecule has 0 aliphatic rings. The number of aromatic nitrogens is 2. The highest BCUT2D eigenvalue weighted by atomic mass is 79.9. The highest BCUT2D eigenvalue weighted by molar-refractivity contribution is 7.95. The molecular weight excluding hydrogens is 602 g/mol. The number of rotatable bonds is 8. The van der Waals surface area contributed by atoms with Gasteiger partial charge >= 0.3 is 0 Å². The van der Waals surface area contributed by atoms with Gasteiger partial charge in [-0.05, 0) is 80.1 Å². The van der Waals surface area contributed by atoms with Crippen molar-refractivity contribution >= 4 is 23.2 Å². The molecule has 0 aliphatic heterocycles. The molecule has 0 atom stereocenters. The van der Waals surface area contributed by atoms with Gasteiger partial charge in [-0.1, -0.05) is 72.8 Å². The molecule has 0 radical (unpaired) electrons. The van der Waals surface area contributed by atoms with E-state index < -0.39 is 7.26 Å². The number of hydrogen-bond acceptors (Lipinski definition) is 1. The van der Waals surface area contributed by atoms with Crippen molar-refractivity contribution in [1.29, 1.82) is 0 Å². The standard InChI is InChI=1S/C37H33FN2P.BrH/c1-28(2)40-26-34(35-20-12-13-25-39-35)37(29-21-23-30(38)24-22-29)36(40)27-41(31-14-6-3-7-15-31,32-16-8-4-9-17-32)33-18-10-5-11-19-33;/h3-26,28H,27H2,1-2H3;1H/q+1;/p-1. The summed E-state index contributed by atoms with van der Waals surface area (Å²) in [6.07, 6.45) is 4.89. The van der Waals surface area contributed by atoms with Gasteiger partial charge in [0.05, 0.1) is 11.4 Å². The van der Waals surface area contributed by atoms with Crippen LogP contribution in [-0.2, 0) is 6.16 Å². The van der Waals surface area contributed by atoms with Crippen LogP contribution < -0.4 is 32.9 Å². The second-order valence-corrected chi connectivity index (χ2v) is 14.0. The average molecular weight is 636 g/mol. The summed E-state index contributed by atoms with van der Waals surface area (Å²) in [6, 6.07) is 46.1. The van der Waals surface area contributed by atoms with E-state index in [0.717, 1.165) is 28.5 Å². The van der Waals surface area contributed by atoms with Gasteiger partial charge in [0.1, 0.15) is 35.2 Å². The molecule has 0 bridgehead atoms. The van der Waals surface area contributed by atoms with Crippen LogP contribution in [0.2, 0.25) is 0 Å². The Bertz CT molecular complexity index is 1620. The molecule has 2 heterocycles. The Hall–Kier alpha value is -3.85. The number of benzene rings is 4. The van der Waals surface area contributed by atoms with Gasteiger partial charge in [-0.25, -0.2) is 4.39 Å². The first-order valence-corrected chi connectivity index (χ1v) is 16.0. The fraction of sp³-hybridized carbons (Fsp3) is 0.108. The van der Waals surface area contributed by atoms with Crippen LogP contribution in [0.3, 0.4) is 0 Å². The lowest BCUT2D eigenvalue weighted by atomic mass is 9.99. The van der Waals surface area contributed by atoms with E-state index in [1.54, 1.807) is 12.1 Å². The van der Waals surface area contributed by atoms with E-state index in [1.165, 1.54) is 21.6 Å². The monoisotopic (exact) mass is 634 g/mol. The molecular formula is C37H33BrFN2P. The van der Waals surface area contributed by atoms with Crippen molar-refractivity contribution in [3.8, 4) is 22.4 Å². The zero-order valence-electron chi connectivity index (χ0n) is 23.7. The minimum Gasteiger partial charge on any atom is -1.00 e. The minimum absolute atomic E-state index is 0. The van der Waals surface area contributed by atoms with Gasteiger partial charge in [0.15, 0.2) is 0 Å². The first-order valence-electron chi connectivity index (χ1n) is 14.0. The third-order valence-electron chi connectivity index (χ3n) is 7.75. The zero-order chi connectivity index (χ0) is 28.2. The van der Waals surface area contributed by atoms with Crippen molar-refractivity contribution in [3.05, 3.63) is 157 Å². The van der Waals surface area contributed by atoms with E-state index >= 15 is 0 Å². The molecule has 4 aromatic carbocycles. The van der Waals surface area contributed by atoms with Crippen LogP contribution >= 0.6 is 7.26 Å². The van der Waals surface area contributed by atoms with Crippen molar-refractivity contribution in [2.75, 3.05) is 0 Å². The maximum absolute atomic E-state index is 14.2. The van der Waals surface area contributed by atoms with Crippen molar-refractivity contribution in [2.24, 2.45) is 0 Å². The van der Waals surface area contributed by atoms with Crippen molar-refractivity contribution in [2.45, 2.75) is 26.1 Å². The normalized spacial score (nSPS) is 11.3. The van der Waals surface area contributed by atoms with Gasteiger partial charge in [0.25, 0.3) is 0 Å². The highest BCUT2D eigenvalue weighted by Gasteiger charge is 2.47. The summed E-state index contributed by atoms with van der Waals surface area (Å²) in [6.45, 7) is 4.46. The lowest BCUT2D eigenvalue weighted by Crippen LogP contribution is -3.00. The Kier molecular flexibility index (Phi) is 9.16. The van der Waals surface area contributed by atoms with Gasteiger partial charge in [-0.15, -0.1) is 0 Å². The number of halogens is 2. The maximum atomic E-state index is 14.2. The van der Waals surface area contributed by atoms with E-state index in [9.17, 15) is 4.39 Å². The summed E-state index contributed by atoms with van der Waals surface area (Å²) in [5.41, 5.74) is 5.32. The van der Waals surface area contributed by atoms with Gasteiger partial charge in [0.2, 0.25) is 0 Å². The van der Waals surface area contributed by atoms with E-state index in [4.69, 9.17) is 4.98 Å². The van der Waals surface area contributed by atoms with Gasteiger partial charge < -0.3 is 21.5 Å². The third-order valence-corrected chi connectivity index (χ3v) is 12.1. The lowest BCUT2D eigenvalue weighted by Gasteiger charge is -2.29. The highest BCUT2D eigenvalue weighted by Crippen LogP contribution is 2.59. The van der Waals surface area contributed by atoms with E-state index in [-0.39, 0.29) is 28.8 Å². The molecule has 6 aromatic rings. The van der Waals surface area contributed by atoms with Crippen molar-refractivity contribution in [3.63, 3.8) is 0 Å². The van der Waals surface area contributed by atoms with Crippen LogP contribution in [0.5, 0.6) is 0 Å². The molecule has 0 aliphatic carbocycles. The summed E-state index contributed by atoms with van der Waals surface area (Å²) < 4.78 is 16.6. The molecule has 2 aromatic heterocycles. The Labute approximate surface area is 259 Å². The topological polar surface area (TPSA) is 17.8 Å². The molecule has 2 nitrogen and oxygen atoms in total. The summed E-state index contributed by atoms with van der Waals surface area (Å²) >= 11 is 0. The Balaban J connectivity index is 0.00000353. The fourth-order valence-corrected chi connectivity index (χ4v) is 10.1. The predicted octanol–water partition coefficient (Wildman–Crippen LogP) is 5.44. The molecule has 6 rings (SSSR count). The molecule has 0 unspecified atom stereocenters. The average Bonchev–Trinajstić information content (AvgIpc) is 3.41. The second kappa shape index (κ2) is 13.0. The molecule has 0 spiro atoms. The largest absolute Gasteiger partial charge is 1.00 e. The van der Waals surface area contributed by atoms with Gasteiger partial charge in [-0.2, -0.15) is 0 Å². The predicted molar refractivity (Wildman–Crippen MR) is 172 cm³/mol. The number of hydrogen-bond donors (Lipinski definition) is 0. The molecule has 0 fully saturated rings. The molecule has 0 saturated carbocycles. The molecule has 42 heavy (non-hydrogen) atoms. The number of pyridine rings is 1. The molecule has 0 amide bonds.